The van der Waals surface area contributed by atoms with E-state index < -0.39 is 106 Å². The van der Waals surface area contributed by atoms with Crippen LogP contribution < -0.4 is 14.6 Å². The fourth-order valence-electron chi connectivity index (χ4n) is 13.0. The second kappa shape index (κ2) is 41.4. The molecule has 2 aliphatic heterocycles. The van der Waals surface area contributed by atoms with E-state index in [0.717, 1.165) is 84.0 Å². The van der Waals surface area contributed by atoms with Gasteiger partial charge in [-0.3, -0.25) is 29.8 Å². The average molecular weight is 1550 g/mol. The topological polar surface area (TPSA) is 357 Å². The number of aromatic carboxylic acids is 1. The minimum Gasteiger partial charge on any atom is -0.486 e. The number of carboxylic acids is 1. The van der Waals surface area contributed by atoms with Crippen LogP contribution in [-0.4, -0.2) is 117 Å². The van der Waals surface area contributed by atoms with Gasteiger partial charge in [0.05, 0.1) is 68.5 Å². The number of hydrogen-bond acceptors (Lipinski definition) is 19. The van der Waals surface area contributed by atoms with E-state index in [9.17, 15) is 47.8 Å². The molecule has 4 aliphatic rings. The minimum atomic E-state index is -3.49. The van der Waals surface area contributed by atoms with Crippen LogP contribution in [0.15, 0.2) is 167 Å². The molecule has 2 saturated heterocycles. The van der Waals surface area contributed by atoms with Crippen LogP contribution in [0.1, 0.15) is 160 Å². The van der Waals surface area contributed by atoms with E-state index in [1.165, 1.54) is 31.2 Å². The number of halogens is 2. The Bertz CT molecular complexity index is 4380. The quantitative estimate of drug-likeness (QED) is 0.0220. The summed E-state index contributed by atoms with van der Waals surface area (Å²) in [5.41, 5.74) is 3.02. The maximum Gasteiger partial charge on any atom is 0.443 e. The molecule has 6 aromatic rings. The van der Waals surface area contributed by atoms with Crippen LogP contribution in [0.4, 0.5) is 16.2 Å². The number of hydrogen-bond donors (Lipinski definition) is 2. The Morgan fingerprint density at radius 1 is 0.654 bits per heavy atom. The number of rotatable bonds is 26. The van der Waals surface area contributed by atoms with Crippen molar-refractivity contribution in [1.82, 2.24) is 0 Å². The normalized spacial score (nSPS) is 18.9. The molecule has 8 atom stereocenters. The van der Waals surface area contributed by atoms with Crippen molar-refractivity contribution in [3.8, 4) is 17.6 Å². The van der Waals surface area contributed by atoms with Crippen molar-refractivity contribution >= 4 is 78.2 Å². The number of carboxylic acid groups (broad SMARTS) is 1. The molecule has 6 aromatic carbocycles. The molecule has 576 valence electrons. The number of aryl methyl sites for hydroxylation is 2. The first-order chi connectivity index (χ1) is 50.6. The van der Waals surface area contributed by atoms with Gasteiger partial charge in [0.25, 0.3) is 5.91 Å². The van der Waals surface area contributed by atoms with Gasteiger partial charge in [-0.25, -0.2) is 23.1 Å². The zero-order valence-corrected chi connectivity index (χ0v) is 63.0. The van der Waals surface area contributed by atoms with Gasteiger partial charge >= 0.3 is 29.4 Å². The van der Waals surface area contributed by atoms with E-state index in [1.54, 1.807) is 50.3 Å². The van der Waals surface area contributed by atoms with Crippen molar-refractivity contribution in [1.29, 1.82) is 5.26 Å². The number of amides is 2. The van der Waals surface area contributed by atoms with Crippen LogP contribution in [-0.2, 0) is 76.5 Å². The summed E-state index contributed by atoms with van der Waals surface area (Å²) >= 11 is 12.5. The highest BCUT2D eigenvalue weighted by molar-refractivity contribution is 7.94. The summed E-state index contributed by atoms with van der Waals surface area (Å²) in [5, 5.41) is 47.2. The lowest BCUT2D eigenvalue weighted by atomic mass is 9.69. The van der Waals surface area contributed by atoms with Gasteiger partial charge in [-0.2, -0.15) is 9.62 Å². The van der Waals surface area contributed by atoms with Gasteiger partial charge in [0.15, 0.2) is 24.1 Å². The Morgan fingerprint density at radius 2 is 1.07 bits per heavy atom. The van der Waals surface area contributed by atoms with Crippen molar-refractivity contribution in [3.63, 3.8) is 0 Å². The molecular formula is C78H94Cl2N6O19S2. The second-order valence-corrected chi connectivity index (χ2v) is 31.2. The minimum absolute atomic E-state index is 0. The Hall–Kier alpha value is -8.95. The molecule has 3 N–H and O–H groups in total. The van der Waals surface area contributed by atoms with Gasteiger partial charge in [-0.15, -0.1) is 17.5 Å². The molecule has 2 heterocycles. The van der Waals surface area contributed by atoms with E-state index in [-0.39, 0.29) is 66.6 Å². The molecule has 0 saturated carbocycles. The predicted molar refractivity (Wildman–Crippen MR) is 409 cm³/mol. The molecule has 2 aliphatic carbocycles. The molecular weight excluding hydrogens is 1460 g/mol. The number of ether oxygens (including phenoxy) is 8. The molecule has 25 nitrogen and oxygen atoms in total. The predicted octanol–water partition coefficient (Wildman–Crippen LogP) is 16.8. The lowest BCUT2D eigenvalue weighted by Gasteiger charge is -2.45. The summed E-state index contributed by atoms with van der Waals surface area (Å²) in [5.74, 6) is -3.78. The van der Waals surface area contributed by atoms with E-state index in [1.807, 2.05) is 92.7 Å². The molecule has 10 rings (SSSR count). The number of nitrogens with two attached hydrogens (primary N) is 1. The third-order valence-electron chi connectivity index (χ3n) is 17.8. The van der Waals surface area contributed by atoms with Gasteiger partial charge < -0.3 is 43.0 Å². The summed E-state index contributed by atoms with van der Waals surface area (Å²) in [4.78, 5) is 72.0. The number of benzene rings is 6. The molecule has 0 aromatic heterocycles. The number of allylic oxidation sites excluding steroid dienone is 2. The van der Waals surface area contributed by atoms with Crippen LogP contribution in [0.5, 0.6) is 11.5 Å². The molecule has 2 fully saturated rings. The van der Waals surface area contributed by atoms with E-state index in [2.05, 4.69) is 21.9 Å². The van der Waals surface area contributed by atoms with Gasteiger partial charge in [-0.1, -0.05) is 129 Å². The van der Waals surface area contributed by atoms with Crippen LogP contribution in [0.2, 0.25) is 10.0 Å². The summed E-state index contributed by atoms with van der Waals surface area (Å²) in [6, 6.07) is 38.7. The van der Waals surface area contributed by atoms with E-state index >= 15 is 0 Å². The number of carbonyl (C=O) groups is 4. The number of nitro benzene ring substituents is 2. The zero-order valence-electron chi connectivity index (χ0n) is 59.9. The maximum absolute atomic E-state index is 14.1. The highest BCUT2D eigenvalue weighted by atomic mass is 35.5. The fourth-order valence-corrected chi connectivity index (χ4v) is 16.8. The number of nitrogens with zero attached hydrogens (tertiary/aromatic N) is 5. The molecule has 0 spiro atoms. The van der Waals surface area contributed by atoms with Gasteiger partial charge in [-0.05, 0) is 172 Å². The Morgan fingerprint density at radius 3 is 1.50 bits per heavy atom. The number of nitriles is 1. The highest BCUT2D eigenvalue weighted by Gasteiger charge is 2.49. The zero-order chi connectivity index (χ0) is 77.2. The molecule has 1 unspecified atom stereocenters. The third kappa shape index (κ3) is 24.8. The van der Waals surface area contributed by atoms with Gasteiger partial charge in [0.1, 0.15) is 41.1 Å². The Balaban J connectivity index is 0.000000271. The van der Waals surface area contributed by atoms with Crippen molar-refractivity contribution in [3.05, 3.63) is 234 Å². The van der Waals surface area contributed by atoms with Crippen molar-refractivity contribution in [2.45, 2.75) is 142 Å². The third-order valence-corrected chi connectivity index (χ3v) is 22.1. The van der Waals surface area contributed by atoms with Crippen molar-refractivity contribution in [2.24, 2.45) is 25.7 Å². The van der Waals surface area contributed by atoms with Crippen molar-refractivity contribution < 1.29 is 80.4 Å². The monoisotopic (exact) mass is 1550 g/mol. The first kappa shape index (κ1) is 87.0. The van der Waals surface area contributed by atoms with Crippen LogP contribution in [0.3, 0.4) is 0 Å². The standard InChI is InChI=1S/C38H43ClN2O9S.C22H22ClNO7.C15H22N2O3S.C2H3N.CH4/c1-4-10-26(2)23-51(46,24-35(42)50-27(3)28-11-6-5-7-12-28)40-36(43)30-14-17-34(33(22-30)41(44)45)49-25-38(37-47-19-9-20-48-37)18-8-13-29-21-31(39)15-16-32(29)38;23-16-5-6-17-14(11-16)3-1-8-22(17,21-29-9-2-10-30-21)13-31-19-7-4-15(20(25)26)12-18(19)24(27)28;1-4-8-12(2)11-21(16,19)17-15(18)20-13(3)14-9-6-5-7-10-14;1-2-3;/h4-7,11-12,14-17,21-22,26-27,37H,1,8-10,13,18-20,23-25H2,2-3H3;4-7,11-12,21H,1-3,8-10,13H2,(H,25,26);4-7,9-10,12-13H,1,8,11H2,2-3H3,(H2,16,17,18,19);1H3;1H4/t26-,27-,38-,51+;22-;12-,13-,21?;;/m000../s1. The second-order valence-electron chi connectivity index (χ2n) is 26.1. The van der Waals surface area contributed by atoms with Crippen LogP contribution in [0, 0.1) is 43.4 Å². The summed E-state index contributed by atoms with van der Waals surface area (Å²) < 4.78 is 80.8. The van der Waals surface area contributed by atoms with Gasteiger partial charge in [0.2, 0.25) is 0 Å². The number of fused-ring (bicyclic) bond motifs is 2. The molecule has 29 heteroatoms. The molecule has 2 amide bonds. The van der Waals surface area contributed by atoms with E-state index in [0.29, 0.717) is 62.2 Å². The molecule has 107 heavy (non-hydrogen) atoms. The highest BCUT2D eigenvalue weighted by Crippen LogP contribution is 2.47. The van der Waals surface area contributed by atoms with Crippen LogP contribution in [0.25, 0.3) is 0 Å². The summed E-state index contributed by atoms with van der Waals surface area (Å²) in [7, 11) is -6.57. The van der Waals surface area contributed by atoms with Crippen LogP contribution >= 0.6 is 23.2 Å². The number of carbonyl (C=O) groups excluding carboxylic acids is 3. The SMILES string of the molecule is C.C=CC[C@H](C)CS(N)(=O)=NC(=O)O[C@@H](C)c1ccccc1.C=CC[C@H](C)C[S@@](=O)(CC(=O)O[C@@H](C)c1ccccc1)=NC(=O)c1ccc(OC[C@@]2(C3OCCCO3)CCCc3cc(Cl)ccc32)c([N+](=O)[O-])c1.CC#N.O=C(O)c1ccc(OC[C@@]2(C3OCCCO3)CCCc3cc(Cl)ccc32)c([N+](=O)[O-])c1. The van der Waals surface area contributed by atoms with E-state index in [4.69, 9.17) is 76.6 Å². The number of esters is 1. The average Bonchev–Trinajstić information content (AvgIpc) is 0.757. The summed E-state index contributed by atoms with van der Waals surface area (Å²) in [6.07, 6.45) is 7.59. The Labute approximate surface area is 635 Å². The first-order valence-corrected chi connectivity index (χ1v) is 38.9. The lowest BCUT2D eigenvalue weighted by molar-refractivity contribution is -0.386. The summed E-state index contributed by atoms with van der Waals surface area (Å²) in [6.45, 7) is 18.1. The lowest BCUT2D eigenvalue weighted by Crippen LogP contribution is -2.51. The fraction of sp³-hybridized carbons (Fsp3) is 0.423. The van der Waals surface area contributed by atoms with Crippen molar-refractivity contribution in [2.75, 3.05) is 56.9 Å². The molecule has 0 radical (unpaired) electrons. The van der Waals surface area contributed by atoms with Gasteiger partial charge in [0, 0.05) is 46.2 Å². The number of nitro groups is 2. The smallest absolute Gasteiger partial charge is 0.443 e. The largest absolute Gasteiger partial charge is 0.486 e. The first-order valence-electron chi connectivity index (χ1n) is 34.5. The molecule has 0 bridgehead atoms. The maximum atomic E-state index is 14.1. The Kier molecular flexibility index (Phi) is 33.7.